The molecule has 2 atom stereocenters. The summed E-state index contributed by atoms with van der Waals surface area (Å²) in [5.74, 6) is -1.17. The fraction of sp³-hybridized carbons (Fsp3) is 0.300. The average Bonchev–Trinajstić information content (AvgIpc) is 2.87. The first kappa shape index (κ1) is 18.3. The number of carboxylic acids is 1. The number of amides is 1. The van der Waals surface area contributed by atoms with Crippen LogP contribution >= 0.6 is 11.6 Å². The van der Waals surface area contributed by atoms with Crippen molar-refractivity contribution in [2.45, 2.75) is 37.8 Å². The summed E-state index contributed by atoms with van der Waals surface area (Å²) in [5.41, 5.74) is 2.17. The van der Waals surface area contributed by atoms with Crippen molar-refractivity contribution in [1.82, 2.24) is 5.32 Å². The van der Waals surface area contributed by atoms with Gasteiger partial charge in [-0.15, -0.1) is 0 Å². The number of carboxylic acid groups (broad SMARTS) is 1. The van der Waals surface area contributed by atoms with Crippen LogP contribution in [0.25, 0.3) is 0 Å². The standard InChI is InChI=1S/C20H21ClN2O3/c1-13(24)22-20(12-14-6-8-15(21)9-7-14)17(10-11-19(25)26)16-4-2-3-5-18(16)23-20/h2-9,17,23H,10-12H2,1H3,(H,22,24)(H,25,26)/t17-,20+/m0/s1. The molecule has 0 unspecified atom stereocenters. The largest absolute Gasteiger partial charge is 0.481 e. The van der Waals surface area contributed by atoms with Crippen molar-refractivity contribution in [2.24, 2.45) is 0 Å². The summed E-state index contributed by atoms with van der Waals surface area (Å²) in [5, 5.41) is 16.3. The first-order chi connectivity index (χ1) is 12.4. The van der Waals surface area contributed by atoms with Crippen molar-refractivity contribution in [2.75, 3.05) is 5.32 Å². The molecular formula is C20H21ClN2O3. The van der Waals surface area contributed by atoms with Crippen molar-refractivity contribution in [3.63, 3.8) is 0 Å². The van der Waals surface area contributed by atoms with E-state index in [1.54, 1.807) is 0 Å². The Labute approximate surface area is 157 Å². The predicted octanol–water partition coefficient (Wildman–Crippen LogP) is 3.79. The summed E-state index contributed by atoms with van der Waals surface area (Å²) in [6.07, 6.45) is 0.971. The van der Waals surface area contributed by atoms with E-state index < -0.39 is 11.6 Å². The molecule has 1 aliphatic rings. The van der Waals surface area contributed by atoms with Crippen molar-refractivity contribution in [3.8, 4) is 0 Å². The SMILES string of the molecule is CC(=O)N[C@]1(Cc2ccc(Cl)cc2)Nc2ccccc2[C@@H]1CCC(=O)O. The number of halogens is 1. The molecule has 0 saturated carbocycles. The number of aliphatic carboxylic acids is 1. The van der Waals surface area contributed by atoms with Gasteiger partial charge in [0.2, 0.25) is 5.91 Å². The van der Waals surface area contributed by atoms with Gasteiger partial charge in [-0.3, -0.25) is 9.59 Å². The summed E-state index contributed by atoms with van der Waals surface area (Å²) in [7, 11) is 0. The van der Waals surface area contributed by atoms with E-state index in [-0.39, 0.29) is 18.2 Å². The molecule has 1 amide bonds. The van der Waals surface area contributed by atoms with E-state index in [0.717, 1.165) is 16.8 Å². The highest BCUT2D eigenvalue weighted by Gasteiger charge is 2.46. The zero-order chi connectivity index (χ0) is 18.7. The van der Waals surface area contributed by atoms with Gasteiger partial charge in [-0.05, 0) is 35.7 Å². The fourth-order valence-corrected chi connectivity index (χ4v) is 3.87. The van der Waals surface area contributed by atoms with Crippen LogP contribution in [0.1, 0.15) is 36.8 Å². The number of carbonyl (C=O) groups excluding carboxylic acids is 1. The second kappa shape index (κ2) is 7.38. The van der Waals surface area contributed by atoms with Crippen LogP contribution in [0.2, 0.25) is 5.02 Å². The normalized spacial score (nSPS) is 20.9. The number of nitrogens with one attached hydrogen (secondary N) is 2. The lowest BCUT2D eigenvalue weighted by Crippen LogP contribution is -2.56. The zero-order valence-corrected chi connectivity index (χ0v) is 15.2. The molecule has 5 nitrogen and oxygen atoms in total. The van der Waals surface area contributed by atoms with E-state index in [1.807, 2.05) is 48.5 Å². The molecule has 2 aromatic carbocycles. The molecule has 0 aromatic heterocycles. The summed E-state index contributed by atoms with van der Waals surface area (Å²) in [6.45, 7) is 1.47. The van der Waals surface area contributed by atoms with E-state index in [1.165, 1.54) is 6.92 Å². The van der Waals surface area contributed by atoms with Crippen LogP contribution in [0, 0.1) is 0 Å². The van der Waals surface area contributed by atoms with Gasteiger partial charge in [-0.25, -0.2) is 0 Å². The molecule has 3 N–H and O–H groups in total. The number of fused-ring (bicyclic) bond motifs is 1. The van der Waals surface area contributed by atoms with Crippen LogP contribution in [-0.2, 0) is 16.0 Å². The second-order valence-electron chi connectivity index (χ2n) is 6.65. The second-order valence-corrected chi connectivity index (χ2v) is 7.09. The minimum Gasteiger partial charge on any atom is -0.481 e. The molecular weight excluding hydrogens is 352 g/mol. The molecule has 3 rings (SSSR count). The predicted molar refractivity (Wildman–Crippen MR) is 101 cm³/mol. The van der Waals surface area contributed by atoms with Gasteiger partial charge >= 0.3 is 5.97 Å². The minimum absolute atomic E-state index is 0.0304. The fourth-order valence-electron chi connectivity index (χ4n) is 3.75. The van der Waals surface area contributed by atoms with E-state index in [9.17, 15) is 14.7 Å². The van der Waals surface area contributed by atoms with Gasteiger partial charge in [0, 0.05) is 36.4 Å². The molecule has 0 spiro atoms. The van der Waals surface area contributed by atoms with Gasteiger partial charge in [0.25, 0.3) is 0 Å². The van der Waals surface area contributed by atoms with Crippen molar-refractivity contribution >= 4 is 29.2 Å². The lowest BCUT2D eigenvalue weighted by molar-refractivity contribution is -0.137. The van der Waals surface area contributed by atoms with Crippen LogP contribution in [0.5, 0.6) is 0 Å². The number of benzene rings is 2. The Kier molecular flexibility index (Phi) is 5.18. The smallest absolute Gasteiger partial charge is 0.303 e. The van der Waals surface area contributed by atoms with Crippen LogP contribution in [0.3, 0.4) is 0 Å². The lowest BCUT2D eigenvalue weighted by atomic mass is 9.82. The molecule has 6 heteroatoms. The highest BCUT2D eigenvalue weighted by Crippen LogP contribution is 2.45. The van der Waals surface area contributed by atoms with Crippen LogP contribution in [0.15, 0.2) is 48.5 Å². The van der Waals surface area contributed by atoms with Crippen LogP contribution in [-0.4, -0.2) is 22.6 Å². The molecule has 1 aliphatic heterocycles. The van der Waals surface area contributed by atoms with Gasteiger partial charge < -0.3 is 15.7 Å². The maximum absolute atomic E-state index is 12.0. The van der Waals surface area contributed by atoms with E-state index in [2.05, 4.69) is 10.6 Å². The summed E-state index contributed by atoms with van der Waals surface area (Å²) < 4.78 is 0. The number of carbonyl (C=O) groups is 2. The average molecular weight is 373 g/mol. The Hall–Kier alpha value is -2.53. The molecule has 136 valence electrons. The third kappa shape index (κ3) is 3.83. The first-order valence-electron chi connectivity index (χ1n) is 8.52. The van der Waals surface area contributed by atoms with Crippen molar-refractivity contribution in [3.05, 3.63) is 64.7 Å². The van der Waals surface area contributed by atoms with Gasteiger partial charge in [-0.1, -0.05) is 41.9 Å². The quantitative estimate of drug-likeness (QED) is 0.720. The Balaban J connectivity index is 2.01. The monoisotopic (exact) mass is 372 g/mol. The van der Waals surface area contributed by atoms with E-state index in [4.69, 9.17) is 11.6 Å². The van der Waals surface area contributed by atoms with Crippen molar-refractivity contribution < 1.29 is 14.7 Å². The molecule has 26 heavy (non-hydrogen) atoms. The van der Waals surface area contributed by atoms with Crippen molar-refractivity contribution in [1.29, 1.82) is 0 Å². The van der Waals surface area contributed by atoms with Gasteiger partial charge in [0.15, 0.2) is 0 Å². The maximum Gasteiger partial charge on any atom is 0.303 e. The highest BCUT2D eigenvalue weighted by molar-refractivity contribution is 6.30. The van der Waals surface area contributed by atoms with Gasteiger partial charge in [0.1, 0.15) is 5.66 Å². The van der Waals surface area contributed by atoms with Gasteiger partial charge in [-0.2, -0.15) is 0 Å². The summed E-state index contributed by atoms with van der Waals surface area (Å²) in [6, 6.07) is 15.3. The Morgan fingerprint density at radius 3 is 2.54 bits per heavy atom. The number of hydrogen-bond donors (Lipinski definition) is 3. The molecule has 0 aliphatic carbocycles. The minimum atomic E-state index is -0.849. The summed E-state index contributed by atoms with van der Waals surface area (Å²) in [4.78, 5) is 23.2. The van der Waals surface area contributed by atoms with E-state index >= 15 is 0 Å². The molecule has 1 heterocycles. The highest BCUT2D eigenvalue weighted by atomic mass is 35.5. The van der Waals surface area contributed by atoms with Crippen LogP contribution in [0.4, 0.5) is 5.69 Å². The number of rotatable bonds is 6. The lowest BCUT2D eigenvalue weighted by Gasteiger charge is -2.37. The maximum atomic E-state index is 12.0. The molecule has 0 fully saturated rings. The Morgan fingerprint density at radius 1 is 1.19 bits per heavy atom. The number of hydrogen-bond acceptors (Lipinski definition) is 3. The van der Waals surface area contributed by atoms with Crippen LogP contribution < -0.4 is 10.6 Å². The zero-order valence-electron chi connectivity index (χ0n) is 14.5. The third-order valence-corrected chi connectivity index (χ3v) is 4.98. The molecule has 0 bridgehead atoms. The Morgan fingerprint density at radius 2 is 1.88 bits per heavy atom. The van der Waals surface area contributed by atoms with E-state index in [0.29, 0.717) is 17.9 Å². The third-order valence-electron chi connectivity index (χ3n) is 4.73. The Bertz CT molecular complexity index is 822. The van der Waals surface area contributed by atoms with Gasteiger partial charge in [0.05, 0.1) is 0 Å². The number of para-hydroxylation sites is 1. The molecule has 2 aromatic rings. The first-order valence-corrected chi connectivity index (χ1v) is 8.89. The summed E-state index contributed by atoms with van der Waals surface area (Å²) >= 11 is 5.98. The molecule has 0 radical (unpaired) electrons. The number of anilines is 1. The molecule has 0 saturated heterocycles. The topological polar surface area (TPSA) is 78.4 Å².